The Morgan fingerprint density at radius 3 is 2.71 bits per heavy atom. The van der Waals surface area contributed by atoms with Crippen LogP contribution in [0.25, 0.3) is 0 Å². The Kier molecular flexibility index (Phi) is 5.57. The van der Waals surface area contributed by atoms with Crippen molar-refractivity contribution < 1.29 is 4.74 Å². The predicted molar refractivity (Wildman–Crippen MR) is 63.6 cm³/mol. The highest BCUT2D eigenvalue weighted by molar-refractivity contribution is 9.09. The summed E-state index contributed by atoms with van der Waals surface area (Å²) in [6.45, 7) is 3.47. The fourth-order valence-corrected chi connectivity index (χ4v) is 1.65. The molecule has 14 heavy (non-hydrogen) atoms. The highest BCUT2D eigenvalue weighted by Gasteiger charge is 1.92. The van der Waals surface area contributed by atoms with Gasteiger partial charge in [-0.2, -0.15) is 0 Å². The molecule has 0 unspecified atom stereocenters. The summed E-state index contributed by atoms with van der Waals surface area (Å²) in [6, 6.07) is 10.2. The van der Waals surface area contributed by atoms with Crippen molar-refractivity contribution in [2.24, 2.45) is 0 Å². The summed E-state index contributed by atoms with van der Waals surface area (Å²) in [6.07, 6.45) is 2.12. The van der Waals surface area contributed by atoms with Crippen molar-refractivity contribution >= 4 is 15.9 Å². The molecular weight excluding hydrogens is 240 g/mol. The number of hydrogen-bond acceptors (Lipinski definition) is 1. The van der Waals surface area contributed by atoms with Crippen molar-refractivity contribution in [3.05, 3.63) is 47.5 Å². The molecule has 2 heteroatoms. The quantitative estimate of drug-likeness (QED) is 0.577. The molecule has 0 heterocycles. The molecule has 0 fully saturated rings. The van der Waals surface area contributed by atoms with E-state index >= 15 is 0 Å². The summed E-state index contributed by atoms with van der Waals surface area (Å²) in [5, 5.41) is 0.896. The molecule has 0 aliphatic heterocycles. The molecule has 0 N–H and O–H groups in total. The van der Waals surface area contributed by atoms with Gasteiger partial charge in [-0.3, -0.25) is 0 Å². The lowest BCUT2D eigenvalue weighted by molar-refractivity contribution is 0.142. The Hall–Kier alpha value is -0.600. The average molecular weight is 255 g/mol. The van der Waals surface area contributed by atoms with Gasteiger partial charge in [-0.05, 0) is 12.5 Å². The van der Waals surface area contributed by atoms with E-state index in [0.29, 0.717) is 13.2 Å². The molecule has 0 aliphatic rings. The molecule has 0 saturated heterocycles. The van der Waals surface area contributed by atoms with E-state index in [-0.39, 0.29) is 0 Å². The van der Waals surface area contributed by atoms with Gasteiger partial charge >= 0.3 is 0 Å². The molecular formula is C12H15BrO. The summed E-state index contributed by atoms with van der Waals surface area (Å²) >= 11 is 3.35. The molecule has 0 atom stereocenters. The van der Waals surface area contributed by atoms with Gasteiger partial charge in [0.1, 0.15) is 0 Å². The van der Waals surface area contributed by atoms with E-state index in [4.69, 9.17) is 4.74 Å². The first-order chi connectivity index (χ1) is 6.83. The lowest BCUT2D eigenvalue weighted by atomic mass is 10.2. The van der Waals surface area contributed by atoms with Gasteiger partial charge < -0.3 is 4.74 Å². The van der Waals surface area contributed by atoms with Gasteiger partial charge in [-0.25, -0.2) is 0 Å². The number of hydrogen-bond donors (Lipinski definition) is 0. The lowest BCUT2D eigenvalue weighted by Gasteiger charge is -2.04. The molecule has 1 aromatic carbocycles. The SMILES string of the molecule is C/C(=C\CBr)COCc1ccccc1. The second kappa shape index (κ2) is 6.80. The van der Waals surface area contributed by atoms with E-state index in [1.807, 2.05) is 18.2 Å². The summed E-state index contributed by atoms with van der Waals surface area (Å²) in [5.74, 6) is 0. The van der Waals surface area contributed by atoms with E-state index < -0.39 is 0 Å². The number of allylic oxidation sites excluding steroid dienone is 1. The topological polar surface area (TPSA) is 9.23 Å². The van der Waals surface area contributed by atoms with Crippen LogP contribution in [-0.2, 0) is 11.3 Å². The van der Waals surface area contributed by atoms with Gasteiger partial charge in [0.15, 0.2) is 0 Å². The Balaban J connectivity index is 2.25. The van der Waals surface area contributed by atoms with Crippen molar-refractivity contribution in [3.8, 4) is 0 Å². The van der Waals surface area contributed by atoms with Crippen LogP contribution in [0, 0.1) is 0 Å². The van der Waals surface area contributed by atoms with Gasteiger partial charge in [-0.1, -0.05) is 57.9 Å². The van der Waals surface area contributed by atoms with Crippen molar-refractivity contribution in [2.45, 2.75) is 13.5 Å². The molecule has 76 valence electrons. The van der Waals surface area contributed by atoms with E-state index in [9.17, 15) is 0 Å². The Morgan fingerprint density at radius 1 is 1.36 bits per heavy atom. The summed E-state index contributed by atoms with van der Waals surface area (Å²) in [4.78, 5) is 0. The fraction of sp³-hybridized carbons (Fsp3) is 0.333. The van der Waals surface area contributed by atoms with Crippen LogP contribution in [0.1, 0.15) is 12.5 Å². The Labute approximate surface area is 93.9 Å². The Morgan fingerprint density at radius 2 is 2.07 bits per heavy atom. The van der Waals surface area contributed by atoms with Crippen molar-refractivity contribution in [2.75, 3.05) is 11.9 Å². The number of ether oxygens (including phenoxy) is 1. The number of benzene rings is 1. The monoisotopic (exact) mass is 254 g/mol. The van der Waals surface area contributed by atoms with Crippen LogP contribution in [0.5, 0.6) is 0 Å². The van der Waals surface area contributed by atoms with E-state index in [1.54, 1.807) is 0 Å². The molecule has 0 saturated carbocycles. The van der Waals surface area contributed by atoms with Crippen molar-refractivity contribution in [3.63, 3.8) is 0 Å². The lowest BCUT2D eigenvalue weighted by Crippen LogP contribution is -1.96. The van der Waals surface area contributed by atoms with Crippen LogP contribution in [-0.4, -0.2) is 11.9 Å². The largest absolute Gasteiger partial charge is 0.372 e. The summed E-state index contributed by atoms with van der Waals surface area (Å²) < 4.78 is 5.54. The molecule has 0 aromatic heterocycles. The number of rotatable bonds is 5. The third-order valence-corrected chi connectivity index (χ3v) is 2.19. The van der Waals surface area contributed by atoms with Crippen molar-refractivity contribution in [1.82, 2.24) is 0 Å². The minimum absolute atomic E-state index is 0.689. The first-order valence-electron chi connectivity index (χ1n) is 4.66. The van der Waals surface area contributed by atoms with Crippen LogP contribution >= 0.6 is 15.9 Å². The normalized spacial score (nSPS) is 11.7. The minimum atomic E-state index is 0.689. The van der Waals surface area contributed by atoms with E-state index in [1.165, 1.54) is 11.1 Å². The van der Waals surface area contributed by atoms with Gasteiger partial charge in [0.2, 0.25) is 0 Å². The standard InChI is InChI=1S/C12H15BrO/c1-11(7-8-13)9-14-10-12-5-3-2-4-6-12/h2-7H,8-10H2,1H3/b11-7+. The molecule has 0 aliphatic carbocycles. The van der Waals surface area contributed by atoms with Crippen LogP contribution in [0.4, 0.5) is 0 Å². The van der Waals surface area contributed by atoms with Gasteiger partial charge in [0, 0.05) is 5.33 Å². The van der Waals surface area contributed by atoms with Gasteiger partial charge in [0.05, 0.1) is 13.2 Å². The number of halogens is 1. The zero-order chi connectivity index (χ0) is 10.2. The van der Waals surface area contributed by atoms with E-state index in [2.05, 4.69) is 41.1 Å². The molecule has 0 bridgehead atoms. The second-order valence-corrected chi connectivity index (χ2v) is 3.83. The smallest absolute Gasteiger partial charge is 0.0721 e. The third-order valence-electron chi connectivity index (χ3n) is 1.87. The maximum atomic E-state index is 5.54. The van der Waals surface area contributed by atoms with Crippen LogP contribution in [0.15, 0.2) is 42.0 Å². The van der Waals surface area contributed by atoms with Gasteiger partial charge in [0.25, 0.3) is 0 Å². The zero-order valence-electron chi connectivity index (χ0n) is 8.37. The molecule has 1 nitrogen and oxygen atoms in total. The zero-order valence-corrected chi connectivity index (χ0v) is 9.96. The van der Waals surface area contributed by atoms with Crippen molar-refractivity contribution in [1.29, 1.82) is 0 Å². The molecule has 1 aromatic rings. The fourth-order valence-electron chi connectivity index (χ4n) is 1.09. The summed E-state index contributed by atoms with van der Waals surface area (Å²) in [7, 11) is 0. The molecule has 0 radical (unpaired) electrons. The minimum Gasteiger partial charge on any atom is -0.372 e. The summed E-state index contributed by atoms with van der Waals surface area (Å²) in [5.41, 5.74) is 2.48. The van der Waals surface area contributed by atoms with E-state index in [0.717, 1.165) is 5.33 Å². The molecule has 1 rings (SSSR count). The highest BCUT2D eigenvalue weighted by atomic mass is 79.9. The van der Waals surface area contributed by atoms with Crippen LogP contribution in [0.3, 0.4) is 0 Å². The third kappa shape index (κ3) is 4.58. The average Bonchev–Trinajstić information content (AvgIpc) is 2.20. The first kappa shape index (κ1) is 11.5. The maximum absolute atomic E-state index is 5.54. The number of alkyl halides is 1. The maximum Gasteiger partial charge on any atom is 0.0721 e. The molecule has 0 spiro atoms. The first-order valence-corrected chi connectivity index (χ1v) is 5.78. The Bertz CT molecular complexity index is 280. The highest BCUT2D eigenvalue weighted by Crippen LogP contribution is 2.02. The molecule has 0 amide bonds. The van der Waals surface area contributed by atoms with Gasteiger partial charge in [-0.15, -0.1) is 0 Å². The van der Waals surface area contributed by atoms with Crippen LogP contribution in [0.2, 0.25) is 0 Å². The predicted octanol–water partition coefficient (Wildman–Crippen LogP) is 3.54. The second-order valence-electron chi connectivity index (χ2n) is 3.18. The van der Waals surface area contributed by atoms with Crippen LogP contribution < -0.4 is 0 Å².